The SMILES string of the molecule is CCCOCCOCC(=O)NCCOCCOCC(C)=O. The fraction of sp³-hybridized carbons (Fsp3) is 0.857. The first-order valence-corrected chi connectivity index (χ1v) is 7.24. The van der Waals surface area contributed by atoms with Crippen LogP contribution in [0.1, 0.15) is 20.3 Å². The van der Waals surface area contributed by atoms with E-state index in [4.69, 9.17) is 18.9 Å². The molecule has 21 heavy (non-hydrogen) atoms. The summed E-state index contributed by atoms with van der Waals surface area (Å²) < 4.78 is 20.6. The van der Waals surface area contributed by atoms with Crippen LogP contribution >= 0.6 is 0 Å². The number of carbonyl (C=O) groups excluding carboxylic acids is 2. The first kappa shape index (κ1) is 20.0. The summed E-state index contributed by atoms with van der Waals surface area (Å²) in [5.41, 5.74) is 0. The molecule has 0 spiro atoms. The van der Waals surface area contributed by atoms with Gasteiger partial charge in [0.15, 0.2) is 5.78 Å². The lowest BCUT2D eigenvalue weighted by atomic mass is 10.5. The number of ketones is 1. The van der Waals surface area contributed by atoms with Crippen molar-refractivity contribution in [3.05, 3.63) is 0 Å². The van der Waals surface area contributed by atoms with Gasteiger partial charge in [0.05, 0.1) is 33.0 Å². The second-order valence-corrected chi connectivity index (χ2v) is 4.38. The molecule has 0 rings (SSSR count). The largest absolute Gasteiger partial charge is 0.379 e. The number of rotatable bonds is 15. The maximum Gasteiger partial charge on any atom is 0.246 e. The van der Waals surface area contributed by atoms with E-state index in [1.807, 2.05) is 6.92 Å². The summed E-state index contributed by atoms with van der Waals surface area (Å²) in [6.07, 6.45) is 0.972. The monoisotopic (exact) mass is 305 g/mol. The van der Waals surface area contributed by atoms with E-state index in [2.05, 4.69) is 5.32 Å². The van der Waals surface area contributed by atoms with Crippen LogP contribution in [0.15, 0.2) is 0 Å². The van der Waals surface area contributed by atoms with Crippen molar-refractivity contribution < 1.29 is 28.5 Å². The average molecular weight is 305 g/mol. The van der Waals surface area contributed by atoms with Gasteiger partial charge >= 0.3 is 0 Å². The summed E-state index contributed by atoms with van der Waals surface area (Å²) in [4.78, 5) is 21.9. The van der Waals surface area contributed by atoms with Crippen molar-refractivity contribution in [2.75, 3.05) is 59.4 Å². The highest BCUT2D eigenvalue weighted by molar-refractivity contribution is 5.77. The molecule has 0 unspecified atom stereocenters. The Bertz CT molecular complexity index is 272. The van der Waals surface area contributed by atoms with E-state index in [1.54, 1.807) is 0 Å². The van der Waals surface area contributed by atoms with Gasteiger partial charge in [-0.2, -0.15) is 0 Å². The van der Waals surface area contributed by atoms with Crippen LogP contribution in [0.5, 0.6) is 0 Å². The zero-order valence-electron chi connectivity index (χ0n) is 13.0. The topological polar surface area (TPSA) is 83.1 Å². The van der Waals surface area contributed by atoms with Crippen LogP contribution in [0.3, 0.4) is 0 Å². The Morgan fingerprint density at radius 3 is 2.00 bits per heavy atom. The molecule has 0 aromatic rings. The quantitative estimate of drug-likeness (QED) is 0.434. The Morgan fingerprint density at radius 2 is 1.38 bits per heavy atom. The summed E-state index contributed by atoms with van der Waals surface area (Å²) in [6.45, 7) is 6.85. The highest BCUT2D eigenvalue weighted by Gasteiger charge is 2.00. The molecule has 124 valence electrons. The molecule has 1 N–H and O–H groups in total. The molecule has 0 aromatic carbocycles. The highest BCUT2D eigenvalue weighted by Crippen LogP contribution is 1.83. The molecule has 0 bridgehead atoms. The fourth-order valence-corrected chi connectivity index (χ4v) is 1.28. The van der Waals surface area contributed by atoms with Gasteiger partial charge in [-0.1, -0.05) is 6.92 Å². The summed E-state index contributed by atoms with van der Waals surface area (Å²) in [5, 5.41) is 2.67. The van der Waals surface area contributed by atoms with Gasteiger partial charge in [0.25, 0.3) is 0 Å². The molecule has 0 fully saturated rings. The number of ether oxygens (including phenoxy) is 4. The standard InChI is InChI=1S/C14H27NO6/c1-3-5-18-7-10-21-12-14(17)15-4-6-19-8-9-20-11-13(2)16/h3-12H2,1-2H3,(H,15,17). The first-order chi connectivity index (χ1) is 10.2. The maximum atomic E-state index is 11.3. The number of Topliss-reactive ketones (excluding diaryl/α,β-unsaturated/α-hetero) is 1. The molecular weight excluding hydrogens is 278 g/mol. The average Bonchev–Trinajstić information content (AvgIpc) is 2.45. The van der Waals surface area contributed by atoms with Crippen LogP contribution in [0.4, 0.5) is 0 Å². The van der Waals surface area contributed by atoms with E-state index in [0.29, 0.717) is 46.2 Å². The number of hydrogen-bond donors (Lipinski definition) is 1. The van der Waals surface area contributed by atoms with Crippen LogP contribution < -0.4 is 5.32 Å². The Hall–Kier alpha value is -1.02. The van der Waals surface area contributed by atoms with Crippen molar-refractivity contribution in [3.63, 3.8) is 0 Å². The van der Waals surface area contributed by atoms with E-state index in [9.17, 15) is 9.59 Å². The minimum absolute atomic E-state index is 0.0117. The molecule has 1 amide bonds. The second kappa shape index (κ2) is 15.4. The molecule has 0 aliphatic rings. The number of carbonyl (C=O) groups is 2. The molecule has 0 atom stereocenters. The van der Waals surface area contributed by atoms with Crippen LogP contribution in [0.25, 0.3) is 0 Å². The molecule has 0 aliphatic heterocycles. The third-order valence-electron chi connectivity index (χ3n) is 2.20. The predicted molar refractivity (Wildman–Crippen MR) is 77.3 cm³/mol. The van der Waals surface area contributed by atoms with Gasteiger partial charge in [0.1, 0.15) is 13.2 Å². The van der Waals surface area contributed by atoms with Crippen LogP contribution in [0.2, 0.25) is 0 Å². The summed E-state index contributed by atoms with van der Waals surface area (Å²) in [5.74, 6) is -0.190. The van der Waals surface area contributed by atoms with Crippen molar-refractivity contribution in [1.29, 1.82) is 0 Å². The number of amides is 1. The van der Waals surface area contributed by atoms with Crippen molar-refractivity contribution in [3.8, 4) is 0 Å². The molecule has 0 heterocycles. The van der Waals surface area contributed by atoms with E-state index >= 15 is 0 Å². The molecule has 7 nitrogen and oxygen atoms in total. The second-order valence-electron chi connectivity index (χ2n) is 4.38. The van der Waals surface area contributed by atoms with Gasteiger partial charge in [-0.3, -0.25) is 9.59 Å². The third kappa shape index (κ3) is 16.9. The molecule has 0 aliphatic carbocycles. The number of hydrogen-bond acceptors (Lipinski definition) is 6. The lowest BCUT2D eigenvalue weighted by Gasteiger charge is -2.07. The van der Waals surface area contributed by atoms with Crippen LogP contribution in [0, 0.1) is 0 Å². The van der Waals surface area contributed by atoms with Gasteiger partial charge in [0.2, 0.25) is 5.91 Å². The normalized spacial score (nSPS) is 10.6. The van der Waals surface area contributed by atoms with Crippen molar-refractivity contribution >= 4 is 11.7 Å². The predicted octanol–water partition coefficient (Wildman–Crippen LogP) is 0.168. The van der Waals surface area contributed by atoms with Gasteiger partial charge < -0.3 is 24.3 Å². The Balaban J connectivity index is 3.17. The summed E-state index contributed by atoms with van der Waals surface area (Å²) in [7, 11) is 0. The highest BCUT2D eigenvalue weighted by atomic mass is 16.5. The van der Waals surface area contributed by atoms with Gasteiger partial charge in [-0.15, -0.1) is 0 Å². The van der Waals surface area contributed by atoms with Gasteiger partial charge in [-0.25, -0.2) is 0 Å². The van der Waals surface area contributed by atoms with E-state index in [-0.39, 0.29) is 24.9 Å². The zero-order valence-corrected chi connectivity index (χ0v) is 13.0. The maximum absolute atomic E-state index is 11.3. The Morgan fingerprint density at radius 1 is 0.810 bits per heavy atom. The Labute approximate surface area is 126 Å². The molecule has 7 heteroatoms. The summed E-state index contributed by atoms with van der Waals surface area (Å²) >= 11 is 0. The van der Waals surface area contributed by atoms with Crippen LogP contribution in [-0.4, -0.2) is 71.1 Å². The lowest BCUT2D eigenvalue weighted by Crippen LogP contribution is -2.31. The Kier molecular flexibility index (Phi) is 14.6. The van der Waals surface area contributed by atoms with Gasteiger partial charge in [0, 0.05) is 13.2 Å². The smallest absolute Gasteiger partial charge is 0.246 e. The van der Waals surface area contributed by atoms with E-state index in [0.717, 1.165) is 6.42 Å². The lowest BCUT2D eigenvalue weighted by molar-refractivity contribution is -0.126. The van der Waals surface area contributed by atoms with E-state index in [1.165, 1.54) is 6.92 Å². The molecule has 0 saturated heterocycles. The molecular formula is C14H27NO6. The minimum atomic E-state index is -0.179. The van der Waals surface area contributed by atoms with Crippen LogP contribution in [-0.2, 0) is 28.5 Å². The van der Waals surface area contributed by atoms with Crippen molar-refractivity contribution in [2.24, 2.45) is 0 Å². The fourth-order valence-electron chi connectivity index (χ4n) is 1.28. The third-order valence-corrected chi connectivity index (χ3v) is 2.20. The first-order valence-electron chi connectivity index (χ1n) is 7.24. The minimum Gasteiger partial charge on any atom is -0.379 e. The van der Waals surface area contributed by atoms with Crippen molar-refractivity contribution in [2.45, 2.75) is 20.3 Å². The van der Waals surface area contributed by atoms with Gasteiger partial charge in [-0.05, 0) is 13.3 Å². The molecule has 0 aromatic heterocycles. The zero-order chi connectivity index (χ0) is 15.8. The van der Waals surface area contributed by atoms with E-state index < -0.39 is 0 Å². The molecule has 0 radical (unpaired) electrons. The summed E-state index contributed by atoms with van der Waals surface area (Å²) in [6, 6.07) is 0. The number of nitrogens with one attached hydrogen (secondary N) is 1. The molecule has 0 saturated carbocycles. The van der Waals surface area contributed by atoms with Crippen molar-refractivity contribution in [1.82, 2.24) is 5.32 Å².